The molecular weight excluding hydrogens is 332 g/mol. The van der Waals surface area contributed by atoms with Gasteiger partial charge in [-0.05, 0) is 33.6 Å². The Balaban J connectivity index is 1.79. The molecule has 1 aliphatic rings. The number of nitrogens with zero attached hydrogens (tertiary/aromatic N) is 2. The van der Waals surface area contributed by atoms with Crippen molar-refractivity contribution in [2.75, 3.05) is 13.1 Å². The number of hydrogen-bond donors (Lipinski definition) is 1. The summed E-state index contributed by atoms with van der Waals surface area (Å²) in [5.74, 6) is -1.99. The number of ether oxygens (including phenoxy) is 1. The molecule has 0 saturated carbocycles. The lowest BCUT2D eigenvalue weighted by molar-refractivity contribution is 0.0189. The predicted molar refractivity (Wildman–Crippen MR) is 88.6 cm³/mol. The van der Waals surface area contributed by atoms with E-state index in [0.29, 0.717) is 31.4 Å². The molecule has 0 unspecified atom stereocenters. The van der Waals surface area contributed by atoms with Crippen LogP contribution in [0.5, 0.6) is 0 Å². The third-order valence-electron chi connectivity index (χ3n) is 4.24. The van der Waals surface area contributed by atoms with Gasteiger partial charge in [0.1, 0.15) is 5.60 Å². The molecule has 2 aromatic rings. The van der Waals surface area contributed by atoms with Gasteiger partial charge in [-0.2, -0.15) is 0 Å². The molecule has 1 amide bonds. The van der Waals surface area contributed by atoms with Crippen molar-refractivity contribution < 1.29 is 18.3 Å². The summed E-state index contributed by atoms with van der Waals surface area (Å²) in [4.78, 5) is 28.5. The number of nitrogens with one attached hydrogen (secondary N) is 1. The smallest absolute Gasteiger partial charge is 0.410 e. The van der Waals surface area contributed by atoms with E-state index < -0.39 is 22.9 Å². The minimum Gasteiger partial charge on any atom is -0.444 e. The standard InChI is InChI=1S/C17H21F2N3O3/c1-17(2,3)25-16(24)21-6-4-10(5-7-21)22-14-9-12(19)11(18)8-13(14)20-15(22)23/h8-10H,4-7H2,1-3H3,(H,20,23). The Bertz CT molecular complexity index is 858. The van der Waals surface area contributed by atoms with E-state index in [1.54, 1.807) is 25.7 Å². The van der Waals surface area contributed by atoms with Gasteiger partial charge in [0.2, 0.25) is 0 Å². The van der Waals surface area contributed by atoms with Gasteiger partial charge in [0.05, 0.1) is 11.0 Å². The number of halogens is 2. The average Bonchev–Trinajstić information content (AvgIpc) is 2.81. The number of imidazole rings is 1. The summed E-state index contributed by atoms with van der Waals surface area (Å²) in [5, 5.41) is 0. The fourth-order valence-corrected chi connectivity index (χ4v) is 3.12. The van der Waals surface area contributed by atoms with Crippen LogP contribution in [0, 0.1) is 11.6 Å². The molecule has 3 rings (SSSR count). The van der Waals surface area contributed by atoms with E-state index in [9.17, 15) is 18.4 Å². The van der Waals surface area contributed by atoms with Crippen LogP contribution in [0.15, 0.2) is 16.9 Å². The highest BCUT2D eigenvalue weighted by molar-refractivity contribution is 5.75. The fourth-order valence-electron chi connectivity index (χ4n) is 3.12. The highest BCUT2D eigenvalue weighted by atomic mass is 19.2. The van der Waals surface area contributed by atoms with Crippen molar-refractivity contribution in [1.29, 1.82) is 0 Å². The van der Waals surface area contributed by atoms with Crippen molar-refractivity contribution in [3.8, 4) is 0 Å². The van der Waals surface area contributed by atoms with Crippen LogP contribution < -0.4 is 5.69 Å². The third kappa shape index (κ3) is 3.52. The molecule has 136 valence electrons. The summed E-state index contributed by atoms with van der Waals surface area (Å²) >= 11 is 0. The van der Waals surface area contributed by atoms with E-state index in [1.165, 1.54) is 4.57 Å². The maximum Gasteiger partial charge on any atom is 0.410 e. The molecular formula is C17H21F2N3O3. The number of hydrogen-bond acceptors (Lipinski definition) is 3. The molecule has 8 heteroatoms. The van der Waals surface area contributed by atoms with Gasteiger partial charge < -0.3 is 14.6 Å². The van der Waals surface area contributed by atoms with Gasteiger partial charge in [-0.1, -0.05) is 0 Å². The summed E-state index contributed by atoms with van der Waals surface area (Å²) in [6.45, 7) is 6.27. The zero-order valence-electron chi connectivity index (χ0n) is 14.4. The first-order valence-corrected chi connectivity index (χ1v) is 8.23. The Morgan fingerprint density at radius 2 is 1.80 bits per heavy atom. The van der Waals surface area contributed by atoms with Crippen molar-refractivity contribution in [2.45, 2.75) is 45.3 Å². The molecule has 25 heavy (non-hydrogen) atoms. The summed E-state index contributed by atoms with van der Waals surface area (Å²) in [7, 11) is 0. The molecule has 0 spiro atoms. The number of carbonyl (C=O) groups excluding carboxylic acids is 1. The van der Waals surface area contributed by atoms with Crippen molar-refractivity contribution in [2.24, 2.45) is 0 Å². The van der Waals surface area contributed by atoms with Crippen LogP contribution in [0.1, 0.15) is 39.7 Å². The zero-order chi connectivity index (χ0) is 18.4. The molecule has 1 saturated heterocycles. The molecule has 0 atom stereocenters. The summed E-state index contributed by atoms with van der Waals surface area (Å²) in [6, 6.07) is 1.83. The van der Waals surface area contributed by atoms with Crippen LogP contribution in [0.25, 0.3) is 11.0 Å². The monoisotopic (exact) mass is 353 g/mol. The number of benzene rings is 1. The molecule has 1 aromatic carbocycles. The number of carbonyl (C=O) groups is 1. The summed E-state index contributed by atoms with van der Waals surface area (Å²) in [5.41, 5.74) is -0.377. The Hall–Kier alpha value is -2.38. The van der Waals surface area contributed by atoms with E-state index in [2.05, 4.69) is 4.98 Å². The number of piperidine rings is 1. The van der Waals surface area contributed by atoms with Crippen molar-refractivity contribution in [1.82, 2.24) is 14.5 Å². The zero-order valence-corrected chi connectivity index (χ0v) is 14.4. The second-order valence-electron chi connectivity index (χ2n) is 7.28. The predicted octanol–water partition coefficient (Wildman–Crippen LogP) is 3.18. The number of aromatic nitrogens is 2. The molecule has 0 aliphatic carbocycles. The van der Waals surface area contributed by atoms with Gasteiger partial charge in [0, 0.05) is 31.3 Å². The molecule has 1 aliphatic heterocycles. The van der Waals surface area contributed by atoms with E-state index in [4.69, 9.17) is 4.74 Å². The van der Waals surface area contributed by atoms with E-state index in [1.807, 2.05) is 0 Å². The van der Waals surface area contributed by atoms with E-state index >= 15 is 0 Å². The Kier molecular flexibility index (Phi) is 4.30. The van der Waals surface area contributed by atoms with E-state index in [-0.39, 0.29) is 17.7 Å². The maximum absolute atomic E-state index is 13.6. The first-order valence-electron chi connectivity index (χ1n) is 8.23. The average molecular weight is 353 g/mol. The van der Waals surface area contributed by atoms with Gasteiger partial charge in [0.25, 0.3) is 0 Å². The Morgan fingerprint density at radius 1 is 1.20 bits per heavy atom. The largest absolute Gasteiger partial charge is 0.444 e. The number of likely N-dealkylation sites (tertiary alicyclic amines) is 1. The molecule has 0 radical (unpaired) electrons. The molecule has 1 N–H and O–H groups in total. The highest BCUT2D eigenvalue weighted by Crippen LogP contribution is 2.26. The van der Waals surface area contributed by atoms with Crippen LogP contribution in [-0.2, 0) is 4.74 Å². The van der Waals surface area contributed by atoms with Gasteiger partial charge in [-0.3, -0.25) is 4.57 Å². The van der Waals surface area contributed by atoms with Crippen LogP contribution in [0.2, 0.25) is 0 Å². The Labute approximate surface area is 143 Å². The lowest BCUT2D eigenvalue weighted by Crippen LogP contribution is -2.43. The minimum absolute atomic E-state index is 0.190. The summed E-state index contributed by atoms with van der Waals surface area (Å²) in [6.07, 6.45) is 0.682. The van der Waals surface area contributed by atoms with E-state index in [0.717, 1.165) is 12.1 Å². The lowest BCUT2D eigenvalue weighted by atomic mass is 10.0. The van der Waals surface area contributed by atoms with Crippen LogP contribution in [0.3, 0.4) is 0 Å². The van der Waals surface area contributed by atoms with Crippen molar-refractivity contribution in [3.63, 3.8) is 0 Å². The van der Waals surface area contributed by atoms with Crippen molar-refractivity contribution >= 4 is 17.1 Å². The molecule has 2 heterocycles. The van der Waals surface area contributed by atoms with Gasteiger partial charge >= 0.3 is 11.8 Å². The third-order valence-corrected chi connectivity index (χ3v) is 4.24. The SMILES string of the molecule is CC(C)(C)OC(=O)N1CCC(n2c(=O)[nH]c3cc(F)c(F)cc32)CC1. The van der Waals surface area contributed by atoms with Gasteiger partial charge in [-0.25, -0.2) is 18.4 Å². The highest BCUT2D eigenvalue weighted by Gasteiger charge is 2.29. The quantitative estimate of drug-likeness (QED) is 0.856. The number of rotatable bonds is 1. The summed E-state index contributed by atoms with van der Waals surface area (Å²) < 4.78 is 33.7. The second kappa shape index (κ2) is 6.16. The van der Waals surface area contributed by atoms with Gasteiger partial charge in [0.15, 0.2) is 11.6 Å². The topological polar surface area (TPSA) is 67.3 Å². The number of fused-ring (bicyclic) bond motifs is 1. The number of aromatic amines is 1. The van der Waals surface area contributed by atoms with Crippen LogP contribution >= 0.6 is 0 Å². The number of amides is 1. The number of H-pyrrole nitrogens is 1. The maximum atomic E-state index is 13.6. The minimum atomic E-state index is -0.999. The molecule has 0 bridgehead atoms. The Morgan fingerprint density at radius 3 is 2.40 bits per heavy atom. The molecule has 1 aromatic heterocycles. The molecule has 1 fully saturated rings. The van der Waals surface area contributed by atoms with Gasteiger partial charge in [-0.15, -0.1) is 0 Å². The first-order chi connectivity index (χ1) is 11.7. The first kappa shape index (κ1) is 17.4. The molecule has 6 nitrogen and oxygen atoms in total. The lowest BCUT2D eigenvalue weighted by Gasteiger charge is -2.33. The fraction of sp³-hybridized carbons (Fsp3) is 0.529. The normalized spacial score (nSPS) is 16.4. The van der Waals surface area contributed by atoms with Crippen LogP contribution in [0.4, 0.5) is 13.6 Å². The second-order valence-corrected chi connectivity index (χ2v) is 7.28. The van der Waals surface area contributed by atoms with Crippen molar-refractivity contribution in [3.05, 3.63) is 34.3 Å². The van der Waals surface area contributed by atoms with Crippen LogP contribution in [-0.4, -0.2) is 39.2 Å².